The van der Waals surface area contributed by atoms with Crippen LogP contribution in [-0.4, -0.2) is 16.7 Å². The largest absolute Gasteiger partial charge is 0.357 e. The monoisotopic (exact) mass is 429 g/mol. The fourth-order valence-corrected chi connectivity index (χ4v) is 5.40. The number of Topliss-reactive ketones (excluding diaryl/α,β-unsaturated/α-hetero) is 1. The van der Waals surface area contributed by atoms with Crippen molar-refractivity contribution < 1.29 is 4.79 Å². The second-order valence-electron chi connectivity index (χ2n) is 8.63. The number of aryl methyl sites for hydroxylation is 1. The summed E-state index contributed by atoms with van der Waals surface area (Å²) in [4.78, 5) is 16.0. The highest BCUT2D eigenvalue weighted by atomic mass is 16.1. The Labute approximate surface area is 194 Å². The molecule has 4 heteroatoms. The Morgan fingerprint density at radius 2 is 1.61 bits per heavy atom. The lowest BCUT2D eigenvalue weighted by Crippen LogP contribution is -2.37. The normalized spacial score (nSPS) is 22.0. The number of hydrogen-bond acceptors (Lipinski definition) is 4. The minimum atomic E-state index is -1.42. The second kappa shape index (κ2) is 8.08. The van der Waals surface area contributed by atoms with Crippen LogP contribution in [0.15, 0.2) is 85.1 Å². The highest BCUT2D eigenvalue weighted by molar-refractivity contribution is 6.01. The van der Waals surface area contributed by atoms with Gasteiger partial charge in [0, 0.05) is 17.7 Å². The molecule has 4 nitrogen and oxygen atoms in total. The average Bonchev–Trinajstić information content (AvgIpc) is 3.20. The Hall–Kier alpha value is -4.15. The quantitative estimate of drug-likeness (QED) is 0.502. The van der Waals surface area contributed by atoms with Crippen LogP contribution in [0.2, 0.25) is 0 Å². The van der Waals surface area contributed by atoms with Gasteiger partial charge >= 0.3 is 0 Å². The van der Waals surface area contributed by atoms with E-state index in [4.69, 9.17) is 0 Å². The summed E-state index contributed by atoms with van der Waals surface area (Å²) in [6.07, 6.45) is 4.76. The van der Waals surface area contributed by atoms with E-state index in [-0.39, 0.29) is 5.78 Å². The zero-order chi connectivity index (χ0) is 23.0. The van der Waals surface area contributed by atoms with E-state index in [9.17, 15) is 15.3 Å². The number of hydrogen-bond donors (Lipinski definition) is 0. The molecule has 0 amide bonds. The first-order valence-corrected chi connectivity index (χ1v) is 11.2. The van der Waals surface area contributed by atoms with Gasteiger partial charge in [-0.25, -0.2) is 0 Å². The van der Waals surface area contributed by atoms with E-state index in [0.717, 1.165) is 28.7 Å². The number of benzene rings is 3. The van der Waals surface area contributed by atoms with Gasteiger partial charge in [-0.2, -0.15) is 10.5 Å². The van der Waals surface area contributed by atoms with Crippen LogP contribution < -0.4 is 0 Å². The molecule has 3 atom stereocenters. The number of carbonyl (C=O) groups is 1. The molecular weight excluding hydrogens is 406 g/mol. The van der Waals surface area contributed by atoms with Crippen LogP contribution in [0.3, 0.4) is 0 Å². The number of ketones is 1. The van der Waals surface area contributed by atoms with Crippen LogP contribution in [0.1, 0.15) is 51.5 Å². The Morgan fingerprint density at radius 1 is 0.939 bits per heavy atom. The van der Waals surface area contributed by atoms with Gasteiger partial charge in [-0.1, -0.05) is 85.8 Å². The standard InChI is InChI=1S/C29H23N3O/c1-2-20-12-14-23(15-13-20)27(33)26-25(22-9-4-3-5-10-22)29(18-30,19-31)28-24-11-7-6-8-21(24)16-17-32(26)28/h3-17,25-26,28H,2H2,1H3/t25-,26+,28-/m0/s1. The molecule has 2 aliphatic heterocycles. The number of carbonyl (C=O) groups excluding carboxylic acids is 1. The van der Waals surface area contributed by atoms with Crippen molar-refractivity contribution in [2.24, 2.45) is 5.41 Å². The average molecular weight is 430 g/mol. The molecule has 0 radical (unpaired) electrons. The lowest BCUT2D eigenvalue weighted by molar-refractivity contribution is 0.0874. The molecule has 0 bridgehead atoms. The topological polar surface area (TPSA) is 67.9 Å². The van der Waals surface area contributed by atoms with Crippen LogP contribution in [0.25, 0.3) is 6.08 Å². The maximum atomic E-state index is 14.0. The third-order valence-electron chi connectivity index (χ3n) is 7.02. The van der Waals surface area contributed by atoms with Gasteiger partial charge in [0.05, 0.1) is 18.2 Å². The number of rotatable bonds is 4. The Morgan fingerprint density at radius 3 is 2.27 bits per heavy atom. The summed E-state index contributed by atoms with van der Waals surface area (Å²) in [7, 11) is 0. The Bertz CT molecular complexity index is 1300. The van der Waals surface area contributed by atoms with Crippen molar-refractivity contribution in [2.75, 3.05) is 0 Å². The van der Waals surface area contributed by atoms with Gasteiger partial charge in [0.25, 0.3) is 0 Å². The first kappa shape index (κ1) is 20.7. The third kappa shape index (κ3) is 3.07. The maximum Gasteiger partial charge on any atom is 0.185 e. The van der Waals surface area contributed by atoms with Gasteiger partial charge in [0.1, 0.15) is 6.04 Å². The zero-order valence-electron chi connectivity index (χ0n) is 18.3. The van der Waals surface area contributed by atoms with Crippen molar-refractivity contribution in [3.05, 3.63) is 113 Å². The lowest BCUT2D eigenvalue weighted by atomic mass is 9.67. The fourth-order valence-electron chi connectivity index (χ4n) is 5.40. The maximum absolute atomic E-state index is 14.0. The van der Waals surface area contributed by atoms with Gasteiger partial charge in [0.15, 0.2) is 11.2 Å². The van der Waals surface area contributed by atoms with Crippen molar-refractivity contribution >= 4 is 11.9 Å². The Balaban J connectivity index is 1.74. The summed E-state index contributed by atoms with van der Waals surface area (Å²) >= 11 is 0. The van der Waals surface area contributed by atoms with E-state index >= 15 is 0 Å². The number of nitriles is 2. The number of nitrogens with zero attached hydrogens (tertiary/aromatic N) is 3. The summed E-state index contributed by atoms with van der Waals surface area (Å²) in [6.45, 7) is 2.08. The molecule has 2 heterocycles. The summed E-state index contributed by atoms with van der Waals surface area (Å²) in [5.41, 5.74) is 3.03. The van der Waals surface area contributed by atoms with Gasteiger partial charge in [0.2, 0.25) is 0 Å². The second-order valence-corrected chi connectivity index (χ2v) is 8.63. The minimum absolute atomic E-state index is 0.0760. The molecule has 3 aromatic carbocycles. The third-order valence-corrected chi connectivity index (χ3v) is 7.02. The molecule has 0 unspecified atom stereocenters. The summed E-state index contributed by atoms with van der Waals surface area (Å²) in [5.74, 6) is -0.680. The molecule has 0 aliphatic carbocycles. The van der Waals surface area contributed by atoms with E-state index in [2.05, 4.69) is 19.1 Å². The van der Waals surface area contributed by atoms with Gasteiger partial charge in [-0.15, -0.1) is 0 Å². The van der Waals surface area contributed by atoms with E-state index in [1.54, 1.807) is 0 Å². The molecule has 2 aliphatic rings. The first-order chi connectivity index (χ1) is 16.1. The minimum Gasteiger partial charge on any atom is -0.357 e. The van der Waals surface area contributed by atoms with Crippen molar-refractivity contribution in [1.82, 2.24) is 4.90 Å². The molecular formula is C29H23N3O. The molecule has 1 fully saturated rings. The van der Waals surface area contributed by atoms with E-state index in [0.29, 0.717) is 5.56 Å². The highest BCUT2D eigenvalue weighted by Crippen LogP contribution is 2.59. The first-order valence-electron chi connectivity index (χ1n) is 11.2. The van der Waals surface area contributed by atoms with Crippen LogP contribution in [0.5, 0.6) is 0 Å². The van der Waals surface area contributed by atoms with E-state index in [1.165, 1.54) is 0 Å². The van der Waals surface area contributed by atoms with Gasteiger partial charge < -0.3 is 4.90 Å². The SMILES string of the molecule is CCc1ccc(C(=O)[C@H]2[C@H](c3ccccc3)C(C#N)(C#N)[C@@H]3c4ccccc4C=CN32)cc1. The predicted molar refractivity (Wildman–Crippen MR) is 127 cm³/mol. The highest BCUT2D eigenvalue weighted by Gasteiger charge is 2.63. The molecule has 3 aromatic rings. The summed E-state index contributed by atoms with van der Waals surface area (Å²) < 4.78 is 0. The molecule has 5 rings (SSSR count). The molecule has 160 valence electrons. The van der Waals surface area contributed by atoms with E-state index < -0.39 is 23.4 Å². The van der Waals surface area contributed by atoms with Crippen molar-refractivity contribution in [2.45, 2.75) is 31.3 Å². The van der Waals surface area contributed by atoms with Crippen LogP contribution >= 0.6 is 0 Å². The Kier molecular flexibility index (Phi) is 5.08. The van der Waals surface area contributed by atoms with Crippen LogP contribution in [0.4, 0.5) is 0 Å². The van der Waals surface area contributed by atoms with Crippen molar-refractivity contribution in [3.63, 3.8) is 0 Å². The molecule has 0 spiro atoms. The summed E-state index contributed by atoms with van der Waals surface area (Å²) in [6, 6.07) is 28.6. The molecule has 0 N–H and O–H groups in total. The smallest absolute Gasteiger partial charge is 0.185 e. The predicted octanol–water partition coefficient (Wildman–Crippen LogP) is 5.66. The fraction of sp³-hybridized carbons (Fsp3) is 0.207. The molecule has 0 saturated carbocycles. The molecule has 1 saturated heterocycles. The number of fused-ring (bicyclic) bond motifs is 3. The molecule has 33 heavy (non-hydrogen) atoms. The lowest BCUT2D eigenvalue weighted by Gasteiger charge is -2.34. The van der Waals surface area contributed by atoms with Gasteiger partial charge in [-0.3, -0.25) is 4.79 Å². The zero-order valence-corrected chi connectivity index (χ0v) is 18.3. The van der Waals surface area contributed by atoms with Crippen LogP contribution in [0, 0.1) is 28.1 Å². The van der Waals surface area contributed by atoms with E-state index in [1.807, 2.05) is 96.0 Å². The van der Waals surface area contributed by atoms with Gasteiger partial charge in [-0.05, 0) is 34.8 Å². The van der Waals surface area contributed by atoms with Crippen LogP contribution in [-0.2, 0) is 6.42 Å². The summed E-state index contributed by atoms with van der Waals surface area (Å²) in [5, 5.41) is 21.0. The van der Waals surface area contributed by atoms with Crippen molar-refractivity contribution in [1.29, 1.82) is 10.5 Å². The van der Waals surface area contributed by atoms with Crippen molar-refractivity contribution in [3.8, 4) is 12.1 Å². The molecule has 0 aromatic heterocycles.